The summed E-state index contributed by atoms with van der Waals surface area (Å²) in [4.78, 5) is 22.4. The van der Waals surface area contributed by atoms with E-state index in [1.54, 1.807) is 0 Å². The van der Waals surface area contributed by atoms with Crippen LogP contribution in [0.2, 0.25) is 0 Å². The molecule has 0 amide bonds. The van der Waals surface area contributed by atoms with Gasteiger partial charge in [-0.25, -0.2) is 19.3 Å². The van der Waals surface area contributed by atoms with Gasteiger partial charge < -0.3 is 14.9 Å². The number of fused-ring (bicyclic) bond motifs is 1. The van der Waals surface area contributed by atoms with Crippen molar-refractivity contribution < 1.29 is 14.9 Å². The number of ether oxygens (including phenoxy) is 1. The molecule has 2 aromatic heterocycles. The number of nitrogens with zero attached hydrogens (tertiary/aromatic N) is 3. The molecular formula is C10H12N4O4. The smallest absolute Gasteiger partial charge is 0.331 e. The van der Waals surface area contributed by atoms with Crippen molar-refractivity contribution in [1.29, 1.82) is 0 Å². The SMILES string of the molecule is O=c1[nH]c2nccnc2n1[C@H]1CC(O)[C@@H](CO)O1. The number of H-pyrrole nitrogens is 1. The Kier molecular flexibility index (Phi) is 2.62. The van der Waals surface area contributed by atoms with Gasteiger partial charge in [-0.2, -0.15) is 0 Å². The summed E-state index contributed by atoms with van der Waals surface area (Å²) in [5.74, 6) is 0. The average molecular weight is 252 g/mol. The van der Waals surface area contributed by atoms with Crippen molar-refractivity contribution in [2.45, 2.75) is 24.9 Å². The molecule has 3 atom stereocenters. The highest BCUT2D eigenvalue weighted by molar-refractivity contribution is 5.64. The van der Waals surface area contributed by atoms with Gasteiger partial charge in [-0.1, -0.05) is 0 Å². The van der Waals surface area contributed by atoms with Crippen LogP contribution in [0.25, 0.3) is 11.3 Å². The molecule has 18 heavy (non-hydrogen) atoms. The molecule has 1 saturated heterocycles. The fraction of sp³-hybridized carbons (Fsp3) is 0.500. The quantitative estimate of drug-likeness (QED) is 0.616. The van der Waals surface area contributed by atoms with Crippen LogP contribution in [0.3, 0.4) is 0 Å². The standard InChI is InChI=1S/C10H12N4O4/c15-4-6-5(16)3-7(18-6)14-9-8(13-10(14)17)11-1-2-12-9/h1-2,5-7,15-16H,3-4H2,(H,11,13,17)/t5?,6-,7-/m1/s1. The lowest BCUT2D eigenvalue weighted by atomic mass is 10.2. The number of aromatic amines is 1. The van der Waals surface area contributed by atoms with Crippen LogP contribution in [-0.2, 0) is 4.74 Å². The zero-order valence-electron chi connectivity index (χ0n) is 9.35. The molecule has 3 N–H and O–H groups in total. The first-order valence-corrected chi connectivity index (χ1v) is 5.56. The molecule has 1 aliphatic rings. The minimum Gasteiger partial charge on any atom is -0.394 e. The first-order valence-electron chi connectivity index (χ1n) is 5.56. The van der Waals surface area contributed by atoms with Gasteiger partial charge in [0.1, 0.15) is 12.3 Å². The van der Waals surface area contributed by atoms with Crippen molar-refractivity contribution in [3.63, 3.8) is 0 Å². The minimum absolute atomic E-state index is 0.231. The summed E-state index contributed by atoms with van der Waals surface area (Å²) in [6, 6.07) is 0. The van der Waals surface area contributed by atoms with Crippen LogP contribution in [0.5, 0.6) is 0 Å². The van der Waals surface area contributed by atoms with Gasteiger partial charge in [0.2, 0.25) is 0 Å². The third kappa shape index (κ3) is 1.62. The zero-order chi connectivity index (χ0) is 12.7. The number of nitrogens with one attached hydrogen (secondary N) is 1. The third-order valence-electron chi connectivity index (χ3n) is 3.02. The van der Waals surface area contributed by atoms with Crippen LogP contribution >= 0.6 is 0 Å². The second kappa shape index (κ2) is 4.16. The van der Waals surface area contributed by atoms with E-state index in [1.807, 2.05) is 0 Å². The molecule has 2 aromatic rings. The van der Waals surface area contributed by atoms with Crippen molar-refractivity contribution >= 4 is 11.3 Å². The summed E-state index contributed by atoms with van der Waals surface area (Å²) in [7, 11) is 0. The van der Waals surface area contributed by atoms with Gasteiger partial charge in [-0.15, -0.1) is 0 Å². The monoisotopic (exact) mass is 252 g/mol. The molecular weight excluding hydrogens is 240 g/mol. The number of hydrogen-bond donors (Lipinski definition) is 3. The normalized spacial score (nSPS) is 28.0. The molecule has 3 rings (SSSR count). The highest BCUT2D eigenvalue weighted by atomic mass is 16.5. The van der Waals surface area contributed by atoms with Crippen LogP contribution in [0.15, 0.2) is 17.2 Å². The summed E-state index contributed by atoms with van der Waals surface area (Å²) in [6.45, 7) is -0.291. The fourth-order valence-corrected chi connectivity index (χ4v) is 2.16. The predicted molar refractivity (Wildman–Crippen MR) is 59.8 cm³/mol. The van der Waals surface area contributed by atoms with Crippen molar-refractivity contribution in [2.24, 2.45) is 0 Å². The van der Waals surface area contributed by atoms with E-state index in [4.69, 9.17) is 9.84 Å². The van der Waals surface area contributed by atoms with E-state index in [9.17, 15) is 9.90 Å². The van der Waals surface area contributed by atoms with E-state index in [2.05, 4.69) is 15.0 Å². The van der Waals surface area contributed by atoms with Gasteiger partial charge in [0.05, 0.1) is 12.7 Å². The maximum Gasteiger partial charge on any atom is 0.331 e. The molecule has 0 aliphatic carbocycles. The molecule has 0 bridgehead atoms. The lowest BCUT2D eigenvalue weighted by molar-refractivity contribution is -0.0441. The molecule has 1 fully saturated rings. The highest BCUT2D eigenvalue weighted by Gasteiger charge is 2.36. The van der Waals surface area contributed by atoms with Gasteiger partial charge in [0.25, 0.3) is 0 Å². The first kappa shape index (κ1) is 11.3. The van der Waals surface area contributed by atoms with Gasteiger partial charge >= 0.3 is 5.69 Å². The summed E-state index contributed by atoms with van der Waals surface area (Å²) in [5, 5.41) is 18.7. The number of imidazole rings is 1. The van der Waals surface area contributed by atoms with Crippen molar-refractivity contribution in [3.8, 4) is 0 Å². The summed E-state index contributed by atoms with van der Waals surface area (Å²) >= 11 is 0. The van der Waals surface area contributed by atoms with E-state index < -0.39 is 24.1 Å². The Morgan fingerprint density at radius 2 is 2.28 bits per heavy atom. The molecule has 1 aliphatic heterocycles. The Labute approximate surface area is 101 Å². The molecule has 0 aromatic carbocycles. The second-order valence-electron chi connectivity index (χ2n) is 4.14. The average Bonchev–Trinajstić information content (AvgIpc) is 2.88. The summed E-state index contributed by atoms with van der Waals surface area (Å²) < 4.78 is 6.74. The predicted octanol–water partition coefficient (Wildman–Crippen LogP) is -1.24. The van der Waals surface area contributed by atoms with Crippen LogP contribution in [-0.4, -0.2) is 48.5 Å². The van der Waals surface area contributed by atoms with E-state index >= 15 is 0 Å². The van der Waals surface area contributed by atoms with Crippen LogP contribution < -0.4 is 5.69 Å². The van der Waals surface area contributed by atoms with Crippen LogP contribution in [0, 0.1) is 0 Å². The largest absolute Gasteiger partial charge is 0.394 e. The topological polar surface area (TPSA) is 113 Å². The summed E-state index contributed by atoms with van der Waals surface area (Å²) in [6.07, 6.45) is 1.06. The van der Waals surface area contributed by atoms with Crippen molar-refractivity contribution in [3.05, 3.63) is 22.9 Å². The molecule has 3 heterocycles. The van der Waals surface area contributed by atoms with E-state index in [-0.39, 0.29) is 13.0 Å². The Morgan fingerprint density at radius 3 is 3.00 bits per heavy atom. The Balaban J connectivity index is 2.05. The molecule has 1 unspecified atom stereocenters. The third-order valence-corrected chi connectivity index (χ3v) is 3.02. The number of aliphatic hydroxyl groups is 2. The lowest BCUT2D eigenvalue weighted by Crippen LogP contribution is -2.25. The maximum atomic E-state index is 11.8. The summed E-state index contributed by atoms with van der Waals surface area (Å²) in [5.41, 5.74) is 0.346. The molecule has 8 heteroatoms. The van der Waals surface area contributed by atoms with Gasteiger partial charge in [0, 0.05) is 18.8 Å². The first-order chi connectivity index (χ1) is 8.70. The van der Waals surface area contributed by atoms with E-state index in [0.29, 0.717) is 11.3 Å². The number of rotatable bonds is 2. The lowest BCUT2D eigenvalue weighted by Gasteiger charge is -2.12. The second-order valence-corrected chi connectivity index (χ2v) is 4.14. The van der Waals surface area contributed by atoms with Crippen molar-refractivity contribution in [2.75, 3.05) is 6.61 Å². The Morgan fingerprint density at radius 1 is 1.50 bits per heavy atom. The highest BCUT2D eigenvalue weighted by Crippen LogP contribution is 2.28. The van der Waals surface area contributed by atoms with Crippen LogP contribution in [0.1, 0.15) is 12.6 Å². The number of aliphatic hydroxyl groups excluding tert-OH is 2. The molecule has 0 saturated carbocycles. The molecule has 96 valence electrons. The molecule has 8 nitrogen and oxygen atoms in total. The number of aromatic nitrogens is 4. The minimum atomic E-state index is -0.798. The van der Waals surface area contributed by atoms with Crippen LogP contribution in [0.4, 0.5) is 0 Å². The van der Waals surface area contributed by atoms with Gasteiger partial charge in [-0.05, 0) is 0 Å². The maximum absolute atomic E-state index is 11.8. The van der Waals surface area contributed by atoms with E-state index in [1.165, 1.54) is 17.0 Å². The van der Waals surface area contributed by atoms with Crippen molar-refractivity contribution in [1.82, 2.24) is 19.5 Å². The molecule has 0 radical (unpaired) electrons. The van der Waals surface area contributed by atoms with E-state index in [0.717, 1.165) is 0 Å². The van der Waals surface area contributed by atoms with Gasteiger partial charge in [-0.3, -0.25) is 4.98 Å². The Bertz CT molecular complexity index is 622. The van der Waals surface area contributed by atoms with Gasteiger partial charge in [0.15, 0.2) is 11.3 Å². The Hall–Kier alpha value is -1.77. The number of hydrogen-bond acceptors (Lipinski definition) is 6. The fourth-order valence-electron chi connectivity index (χ4n) is 2.16. The molecule has 0 spiro atoms. The zero-order valence-corrected chi connectivity index (χ0v) is 9.35.